The smallest absolute Gasteiger partial charge is 0.338 e. The fourth-order valence-corrected chi connectivity index (χ4v) is 3.36. The molecule has 2 fully saturated rings. The highest BCUT2D eigenvalue weighted by molar-refractivity contribution is 6.08. The summed E-state index contributed by atoms with van der Waals surface area (Å²) in [7, 11) is 0. The SMILES string of the molecule is CCOC(=O)C(=C1CCCC1)C(C(=O)OCC)=C1CCCC1. The first kappa shape index (κ1) is 16.8. The summed E-state index contributed by atoms with van der Waals surface area (Å²) in [6.07, 6.45) is 7.81. The molecule has 4 nitrogen and oxygen atoms in total. The van der Waals surface area contributed by atoms with Gasteiger partial charge in [0.1, 0.15) is 0 Å². The Morgan fingerprint density at radius 1 is 0.727 bits per heavy atom. The van der Waals surface area contributed by atoms with Gasteiger partial charge in [-0.3, -0.25) is 0 Å². The Balaban J connectivity index is 2.48. The van der Waals surface area contributed by atoms with Crippen LogP contribution >= 0.6 is 0 Å². The highest BCUT2D eigenvalue weighted by atomic mass is 16.5. The third kappa shape index (κ3) is 3.79. The summed E-state index contributed by atoms with van der Waals surface area (Å²) in [5, 5.41) is 0. The molecule has 2 aliphatic rings. The van der Waals surface area contributed by atoms with E-state index in [1.807, 2.05) is 0 Å². The molecule has 2 rings (SSSR count). The number of ether oxygens (including phenoxy) is 2. The Hall–Kier alpha value is -1.58. The number of carbonyl (C=O) groups excluding carboxylic acids is 2. The summed E-state index contributed by atoms with van der Waals surface area (Å²) in [6, 6.07) is 0. The minimum Gasteiger partial charge on any atom is -0.462 e. The van der Waals surface area contributed by atoms with Crippen molar-refractivity contribution in [2.75, 3.05) is 13.2 Å². The normalized spacial score (nSPS) is 17.5. The summed E-state index contributed by atoms with van der Waals surface area (Å²) in [5.41, 5.74) is 3.16. The van der Waals surface area contributed by atoms with E-state index in [0.29, 0.717) is 24.4 Å². The van der Waals surface area contributed by atoms with Crippen molar-refractivity contribution in [3.05, 3.63) is 22.3 Å². The van der Waals surface area contributed by atoms with Crippen molar-refractivity contribution in [3.8, 4) is 0 Å². The molecule has 122 valence electrons. The van der Waals surface area contributed by atoms with Gasteiger partial charge in [-0.2, -0.15) is 0 Å². The van der Waals surface area contributed by atoms with Gasteiger partial charge in [0.25, 0.3) is 0 Å². The first-order valence-corrected chi connectivity index (χ1v) is 8.47. The van der Waals surface area contributed by atoms with Crippen molar-refractivity contribution in [2.45, 2.75) is 65.2 Å². The number of rotatable bonds is 5. The molecule has 2 saturated carbocycles. The van der Waals surface area contributed by atoms with Gasteiger partial charge in [-0.25, -0.2) is 9.59 Å². The Bertz CT molecular complexity index is 437. The highest BCUT2D eigenvalue weighted by Gasteiger charge is 2.31. The molecular formula is C18H26O4. The molecule has 0 bridgehead atoms. The van der Waals surface area contributed by atoms with E-state index in [9.17, 15) is 9.59 Å². The van der Waals surface area contributed by atoms with E-state index in [4.69, 9.17) is 9.47 Å². The van der Waals surface area contributed by atoms with Crippen LogP contribution in [0.2, 0.25) is 0 Å². The highest BCUT2D eigenvalue weighted by Crippen LogP contribution is 2.36. The van der Waals surface area contributed by atoms with Crippen LogP contribution in [0.25, 0.3) is 0 Å². The van der Waals surface area contributed by atoms with Crippen LogP contribution in [0.3, 0.4) is 0 Å². The number of hydrogen-bond acceptors (Lipinski definition) is 4. The second kappa shape index (κ2) is 8.16. The largest absolute Gasteiger partial charge is 0.462 e. The third-order valence-electron chi connectivity index (χ3n) is 4.33. The second-order valence-corrected chi connectivity index (χ2v) is 5.81. The van der Waals surface area contributed by atoms with Crippen LogP contribution in [0.5, 0.6) is 0 Å². The summed E-state index contributed by atoms with van der Waals surface area (Å²) in [6.45, 7) is 4.23. The van der Waals surface area contributed by atoms with Crippen LogP contribution in [0, 0.1) is 0 Å². The molecule has 0 spiro atoms. The van der Waals surface area contributed by atoms with Gasteiger partial charge in [-0.05, 0) is 65.2 Å². The Morgan fingerprint density at radius 2 is 1.05 bits per heavy atom. The van der Waals surface area contributed by atoms with Crippen molar-refractivity contribution in [1.29, 1.82) is 0 Å². The van der Waals surface area contributed by atoms with Crippen LogP contribution in [-0.4, -0.2) is 25.2 Å². The molecule has 0 amide bonds. The summed E-state index contributed by atoms with van der Waals surface area (Å²) >= 11 is 0. The molecular weight excluding hydrogens is 280 g/mol. The van der Waals surface area contributed by atoms with Crippen molar-refractivity contribution in [2.24, 2.45) is 0 Å². The molecule has 0 saturated heterocycles. The molecule has 0 aliphatic heterocycles. The maximum Gasteiger partial charge on any atom is 0.338 e. The number of esters is 2. The summed E-state index contributed by atoms with van der Waals surface area (Å²) in [5.74, 6) is -0.719. The topological polar surface area (TPSA) is 52.6 Å². The summed E-state index contributed by atoms with van der Waals surface area (Å²) < 4.78 is 10.5. The van der Waals surface area contributed by atoms with Gasteiger partial charge < -0.3 is 9.47 Å². The van der Waals surface area contributed by atoms with E-state index in [1.54, 1.807) is 13.8 Å². The Labute approximate surface area is 132 Å². The van der Waals surface area contributed by atoms with Gasteiger partial charge in [0.05, 0.1) is 24.4 Å². The van der Waals surface area contributed by atoms with Gasteiger partial charge in [-0.15, -0.1) is 0 Å². The average molecular weight is 306 g/mol. The van der Waals surface area contributed by atoms with Gasteiger partial charge >= 0.3 is 11.9 Å². The monoisotopic (exact) mass is 306 g/mol. The van der Waals surface area contributed by atoms with E-state index < -0.39 is 0 Å². The fraction of sp³-hybridized carbons (Fsp3) is 0.667. The predicted molar refractivity (Wildman–Crippen MR) is 84.3 cm³/mol. The first-order chi connectivity index (χ1) is 10.7. The van der Waals surface area contributed by atoms with Crippen molar-refractivity contribution in [3.63, 3.8) is 0 Å². The van der Waals surface area contributed by atoms with E-state index in [2.05, 4.69) is 0 Å². The maximum absolute atomic E-state index is 12.5. The van der Waals surface area contributed by atoms with Crippen molar-refractivity contribution >= 4 is 11.9 Å². The summed E-state index contributed by atoms with van der Waals surface area (Å²) in [4.78, 5) is 25.0. The molecule has 0 N–H and O–H groups in total. The number of carbonyl (C=O) groups is 2. The van der Waals surface area contributed by atoms with Gasteiger partial charge in [-0.1, -0.05) is 11.1 Å². The zero-order valence-corrected chi connectivity index (χ0v) is 13.7. The van der Waals surface area contributed by atoms with Crippen LogP contribution in [0.1, 0.15) is 65.2 Å². The van der Waals surface area contributed by atoms with E-state index >= 15 is 0 Å². The lowest BCUT2D eigenvalue weighted by molar-refractivity contribution is -0.142. The molecule has 0 atom stereocenters. The molecule has 0 aromatic carbocycles. The van der Waals surface area contributed by atoms with Crippen molar-refractivity contribution in [1.82, 2.24) is 0 Å². The van der Waals surface area contributed by atoms with Crippen LogP contribution in [-0.2, 0) is 19.1 Å². The quantitative estimate of drug-likeness (QED) is 0.572. The van der Waals surface area contributed by atoms with Crippen LogP contribution in [0.4, 0.5) is 0 Å². The molecule has 4 heteroatoms. The van der Waals surface area contributed by atoms with E-state index in [-0.39, 0.29) is 11.9 Å². The molecule has 2 aliphatic carbocycles. The van der Waals surface area contributed by atoms with Gasteiger partial charge in [0.15, 0.2) is 0 Å². The fourth-order valence-electron chi connectivity index (χ4n) is 3.36. The second-order valence-electron chi connectivity index (χ2n) is 5.81. The zero-order valence-electron chi connectivity index (χ0n) is 13.7. The minimum absolute atomic E-state index is 0.320. The van der Waals surface area contributed by atoms with E-state index in [0.717, 1.165) is 62.5 Å². The molecule has 0 heterocycles. The van der Waals surface area contributed by atoms with Crippen LogP contribution < -0.4 is 0 Å². The van der Waals surface area contributed by atoms with Gasteiger partial charge in [0, 0.05) is 0 Å². The van der Waals surface area contributed by atoms with E-state index in [1.165, 1.54) is 0 Å². The predicted octanol–water partition coefficient (Wildman–Crippen LogP) is 3.85. The molecule has 0 aromatic rings. The molecule has 22 heavy (non-hydrogen) atoms. The number of hydrogen-bond donors (Lipinski definition) is 0. The Kier molecular flexibility index (Phi) is 6.22. The first-order valence-electron chi connectivity index (χ1n) is 8.47. The number of allylic oxidation sites excluding steroid dienone is 2. The average Bonchev–Trinajstić information content (AvgIpc) is 3.18. The lowest BCUT2D eigenvalue weighted by atomic mass is 9.93. The Morgan fingerprint density at radius 3 is 1.32 bits per heavy atom. The molecule has 0 radical (unpaired) electrons. The lowest BCUT2D eigenvalue weighted by Gasteiger charge is -2.16. The molecule has 0 aromatic heterocycles. The molecule has 0 unspecified atom stereocenters. The standard InChI is InChI=1S/C18H26O4/c1-3-21-17(19)15(13-9-5-6-10-13)16(18(20)22-4-2)14-11-7-8-12-14/h3-12H2,1-2H3. The minimum atomic E-state index is -0.359. The van der Waals surface area contributed by atoms with Gasteiger partial charge in [0.2, 0.25) is 0 Å². The van der Waals surface area contributed by atoms with Crippen LogP contribution in [0.15, 0.2) is 22.3 Å². The maximum atomic E-state index is 12.5. The third-order valence-corrected chi connectivity index (χ3v) is 4.33. The lowest BCUT2D eigenvalue weighted by Crippen LogP contribution is -2.20. The van der Waals surface area contributed by atoms with Crippen molar-refractivity contribution < 1.29 is 19.1 Å². The zero-order chi connectivity index (χ0) is 15.9.